The summed E-state index contributed by atoms with van der Waals surface area (Å²) in [5, 5.41) is 10.0. The number of aromatic amines is 1. The van der Waals surface area contributed by atoms with Gasteiger partial charge in [-0.05, 0) is 36.2 Å². The minimum Gasteiger partial charge on any atom is -0.396 e. The highest BCUT2D eigenvalue weighted by atomic mass is 19.4. The average molecular weight is 454 g/mol. The normalized spacial score (nSPS) is 12.9. The fraction of sp³-hybridized carbons (Fsp3) is 0.250. The second-order valence-corrected chi connectivity index (χ2v) is 8.05. The molecule has 9 heteroatoms. The Morgan fingerprint density at radius 2 is 1.79 bits per heavy atom. The molecule has 0 bridgehead atoms. The summed E-state index contributed by atoms with van der Waals surface area (Å²) < 4.78 is 38.9. The van der Waals surface area contributed by atoms with Gasteiger partial charge in [0.15, 0.2) is 0 Å². The van der Waals surface area contributed by atoms with Crippen LogP contribution in [0.4, 0.5) is 13.2 Å². The van der Waals surface area contributed by atoms with Crippen LogP contribution in [0.25, 0.3) is 33.4 Å². The van der Waals surface area contributed by atoms with E-state index in [1.165, 1.54) is 18.2 Å². The lowest BCUT2D eigenvalue weighted by Gasteiger charge is -2.18. The molecule has 0 aliphatic heterocycles. The second-order valence-electron chi connectivity index (χ2n) is 8.05. The number of H-pyrrole nitrogens is 1. The topological polar surface area (TPSA) is 91.8 Å². The molecule has 3 heterocycles. The lowest BCUT2D eigenvalue weighted by Crippen LogP contribution is -2.20. The summed E-state index contributed by atoms with van der Waals surface area (Å²) in [4.78, 5) is 29.2. The SMILES string of the molecule is CC(C)C(CO)c1nc2c(-c3cccnc3)nc(-c3ccc(C(F)(F)F)cc3)cc2c(=O)[nH]1. The molecule has 0 amide bonds. The minimum atomic E-state index is -4.45. The van der Waals surface area contributed by atoms with E-state index < -0.39 is 17.3 Å². The van der Waals surface area contributed by atoms with Gasteiger partial charge < -0.3 is 10.1 Å². The number of pyridine rings is 2. The number of aliphatic hydroxyl groups is 1. The van der Waals surface area contributed by atoms with Crippen molar-refractivity contribution in [2.75, 3.05) is 6.61 Å². The molecule has 6 nitrogen and oxygen atoms in total. The van der Waals surface area contributed by atoms with Crippen LogP contribution in [0.15, 0.2) is 59.7 Å². The molecule has 3 aromatic heterocycles. The van der Waals surface area contributed by atoms with E-state index in [2.05, 4.69) is 19.9 Å². The number of aliphatic hydroxyl groups excluding tert-OH is 1. The molecule has 0 aliphatic carbocycles. The average Bonchev–Trinajstić information content (AvgIpc) is 2.79. The molecule has 1 aromatic carbocycles. The monoisotopic (exact) mass is 454 g/mol. The minimum absolute atomic E-state index is 0.0248. The molecule has 0 saturated heterocycles. The van der Waals surface area contributed by atoms with Gasteiger partial charge in [0, 0.05) is 29.4 Å². The van der Waals surface area contributed by atoms with E-state index in [9.17, 15) is 23.1 Å². The van der Waals surface area contributed by atoms with E-state index in [1.807, 2.05) is 13.8 Å². The Morgan fingerprint density at radius 1 is 1.06 bits per heavy atom. The highest BCUT2D eigenvalue weighted by Crippen LogP contribution is 2.33. The lowest BCUT2D eigenvalue weighted by atomic mass is 9.95. The van der Waals surface area contributed by atoms with Crippen molar-refractivity contribution in [1.29, 1.82) is 0 Å². The number of fused-ring (bicyclic) bond motifs is 1. The first kappa shape index (κ1) is 22.6. The fourth-order valence-electron chi connectivity index (χ4n) is 3.63. The molecular weight excluding hydrogens is 433 g/mol. The van der Waals surface area contributed by atoms with E-state index in [0.29, 0.717) is 33.9 Å². The van der Waals surface area contributed by atoms with Gasteiger partial charge in [0.25, 0.3) is 5.56 Å². The van der Waals surface area contributed by atoms with Crippen LogP contribution in [-0.4, -0.2) is 31.6 Å². The first-order valence-electron chi connectivity index (χ1n) is 10.3. The van der Waals surface area contributed by atoms with Gasteiger partial charge in [-0.3, -0.25) is 9.78 Å². The van der Waals surface area contributed by atoms with Crippen LogP contribution in [0.5, 0.6) is 0 Å². The molecule has 1 atom stereocenters. The van der Waals surface area contributed by atoms with Crippen molar-refractivity contribution >= 4 is 10.9 Å². The summed E-state index contributed by atoms with van der Waals surface area (Å²) in [6, 6.07) is 9.58. The number of benzene rings is 1. The van der Waals surface area contributed by atoms with E-state index in [0.717, 1.165) is 12.1 Å². The Bertz CT molecular complexity index is 1330. The van der Waals surface area contributed by atoms with E-state index >= 15 is 0 Å². The molecule has 4 rings (SSSR count). The first-order chi connectivity index (χ1) is 15.7. The number of nitrogens with zero attached hydrogens (tertiary/aromatic N) is 3. The van der Waals surface area contributed by atoms with Gasteiger partial charge in [0.2, 0.25) is 0 Å². The number of alkyl halides is 3. The van der Waals surface area contributed by atoms with Gasteiger partial charge >= 0.3 is 6.18 Å². The molecule has 170 valence electrons. The van der Waals surface area contributed by atoms with Crippen LogP contribution < -0.4 is 5.56 Å². The standard InChI is InChI=1S/C24H21F3N4O2/c1-13(2)18(12-32)22-30-21-17(23(33)31-22)10-19(29-20(21)15-4-3-9-28-11-15)14-5-7-16(8-6-14)24(25,26)27/h3-11,13,18,32H,12H2,1-2H3,(H,30,31,33). The van der Waals surface area contributed by atoms with Gasteiger partial charge in [0.1, 0.15) is 11.3 Å². The molecule has 0 radical (unpaired) electrons. The summed E-state index contributed by atoms with van der Waals surface area (Å²) >= 11 is 0. The lowest BCUT2D eigenvalue weighted by molar-refractivity contribution is -0.137. The molecule has 0 fully saturated rings. The van der Waals surface area contributed by atoms with Crippen molar-refractivity contribution in [1.82, 2.24) is 19.9 Å². The number of halogens is 3. The summed E-state index contributed by atoms with van der Waals surface area (Å²) in [6.45, 7) is 3.64. The maximum atomic E-state index is 13.0. The zero-order valence-electron chi connectivity index (χ0n) is 17.9. The van der Waals surface area contributed by atoms with Gasteiger partial charge in [-0.2, -0.15) is 13.2 Å². The van der Waals surface area contributed by atoms with Gasteiger partial charge in [0.05, 0.1) is 28.9 Å². The van der Waals surface area contributed by atoms with Crippen LogP contribution in [0.2, 0.25) is 0 Å². The second kappa shape index (κ2) is 8.74. The Labute approximate surface area is 187 Å². The van der Waals surface area contributed by atoms with Crippen LogP contribution in [0, 0.1) is 5.92 Å². The van der Waals surface area contributed by atoms with Gasteiger partial charge in [-0.15, -0.1) is 0 Å². The van der Waals surface area contributed by atoms with Crippen molar-refractivity contribution < 1.29 is 18.3 Å². The highest BCUT2D eigenvalue weighted by molar-refractivity contribution is 5.93. The molecule has 0 aliphatic rings. The Morgan fingerprint density at radius 3 is 2.36 bits per heavy atom. The van der Waals surface area contributed by atoms with Gasteiger partial charge in [-0.25, -0.2) is 9.97 Å². The zero-order valence-corrected chi connectivity index (χ0v) is 17.9. The Kier molecular flexibility index (Phi) is 5.99. The molecular formula is C24H21F3N4O2. The zero-order chi connectivity index (χ0) is 23.8. The first-order valence-corrected chi connectivity index (χ1v) is 10.3. The summed E-state index contributed by atoms with van der Waals surface area (Å²) in [5.41, 5.74) is 0.874. The van der Waals surface area contributed by atoms with Crippen LogP contribution in [0.1, 0.15) is 31.2 Å². The Balaban J connectivity index is 1.96. The molecule has 0 spiro atoms. The Hall–Kier alpha value is -3.59. The predicted octanol–water partition coefficient (Wildman–Crippen LogP) is 4.80. The largest absolute Gasteiger partial charge is 0.416 e. The molecule has 33 heavy (non-hydrogen) atoms. The number of hydrogen-bond acceptors (Lipinski definition) is 5. The smallest absolute Gasteiger partial charge is 0.396 e. The molecule has 1 unspecified atom stereocenters. The summed E-state index contributed by atoms with van der Waals surface area (Å²) in [7, 11) is 0. The number of aromatic nitrogens is 4. The third-order valence-electron chi connectivity index (χ3n) is 5.51. The number of nitrogens with one attached hydrogen (secondary N) is 1. The summed E-state index contributed by atoms with van der Waals surface area (Å²) in [5.74, 6) is -0.00511. The van der Waals surface area contributed by atoms with Crippen molar-refractivity contribution in [3.8, 4) is 22.5 Å². The van der Waals surface area contributed by atoms with E-state index in [-0.39, 0.29) is 23.8 Å². The maximum absolute atomic E-state index is 13.0. The summed E-state index contributed by atoms with van der Waals surface area (Å²) in [6.07, 6.45) is -1.28. The van der Waals surface area contributed by atoms with E-state index in [1.54, 1.807) is 24.5 Å². The van der Waals surface area contributed by atoms with Crippen LogP contribution in [0.3, 0.4) is 0 Å². The number of rotatable bonds is 5. The molecule has 4 aromatic rings. The van der Waals surface area contributed by atoms with Gasteiger partial charge in [-0.1, -0.05) is 26.0 Å². The van der Waals surface area contributed by atoms with Crippen molar-refractivity contribution in [3.63, 3.8) is 0 Å². The molecule has 2 N–H and O–H groups in total. The fourth-order valence-corrected chi connectivity index (χ4v) is 3.63. The predicted molar refractivity (Wildman–Crippen MR) is 118 cm³/mol. The third-order valence-corrected chi connectivity index (χ3v) is 5.51. The number of hydrogen-bond donors (Lipinski definition) is 2. The van der Waals surface area contributed by atoms with Crippen molar-refractivity contribution in [3.05, 3.63) is 76.6 Å². The van der Waals surface area contributed by atoms with E-state index in [4.69, 9.17) is 0 Å². The third kappa shape index (κ3) is 4.49. The highest BCUT2D eigenvalue weighted by Gasteiger charge is 2.30. The van der Waals surface area contributed by atoms with Crippen molar-refractivity contribution in [2.45, 2.75) is 25.9 Å². The maximum Gasteiger partial charge on any atom is 0.416 e. The van der Waals surface area contributed by atoms with Crippen LogP contribution >= 0.6 is 0 Å². The molecule has 0 saturated carbocycles. The quantitative estimate of drug-likeness (QED) is 0.452. The van der Waals surface area contributed by atoms with Crippen LogP contribution in [-0.2, 0) is 6.18 Å². The van der Waals surface area contributed by atoms with Crippen molar-refractivity contribution in [2.24, 2.45) is 5.92 Å².